The molecule has 0 aromatic heterocycles. The van der Waals surface area contributed by atoms with Gasteiger partial charge >= 0.3 is 0 Å². The van der Waals surface area contributed by atoms with Crippen LogP contribution in [0.25, 0.3) is 0 Å². The van der Waals surface area contributed by atoms with Crippen LogP contribution in [0.2, 0.25) is 0 Å². The summed E-state index contributed by atoms with van der Waals surface area (Å²) in [7, 11) is 0. The molecule has 3 aliphatic carbocycles. The third-order valence-electron chi connectivity index (χ3n) is 5.94. The largest absolute Gasteiger partial charge is 0.180 e. The normalized spacial score (nSPS) is 35.1. The number of rotatable bonds is 2. The highest BCUT2D eigenvalue weighted by molar-refractivity contribution is 7.61. The first-order chi connectivity index (χ1) is 10.5. The van der Waals surface area contributed by atoms with Crippen LogP contribution >= 0.6 is 0 Å². The van der Waals surface area contributed by atoms with Crippen molar-refractivity contribution in [2.45, 2.75) is 42.6 Å². The summed E-state index contributed by atoms with van der Waals surface area (Å²) in [6.07, 6.45) is 3.54. The van der Waals surface area contributed by atoms with E-state index >= 15 is 0 Å². The predicted octanol–water partition coefficient (Wildman–Crippen LogP) is 3.72. The van der Waals surface area contributed by atoms with Gasteiger partial charge in [0.25, 0.3) is 0 Å². The third kappa shape index (κ3) is 1.53. The molecule has 0 heterocycles. The van der Waals surface area contributed by atoms with Gasteiger partial charge in [0, 0.05) is 34.1 Å². The minimum absolute atomic E-state index is 0.0640. The first-order valence-electron chi connectivity index (χ1n) is 8.17. The maximum absolute atomic E-state index is 4.32. The molecule has 2 bridgehead atoms. The van der Waals surface area contributed by atoms with Gasteiger partial charge in [0.15, 0.2) is 9.49 Å². The summed E-state index contributed by atoms with van der Waals surface area (Å²) in [6.45, 7) is 4.74. The van der Waals surface area contributed by atoms with E-state index < -0.39 is 0 Å². The molecular weight excluding hydrogens is 304 g/mol. The van der Waals surface area contributed by atoms with Gasteiger partial charge in [-0.15, -0.1) is 0 Å². The zero-order valence-corrected chi connectivity index (χ0v) is 15.2. The molecule has 2 heteroatoms. The molecule has 0 amide bonds. The van der Waals surface area contributed by atoms with Crippen molar-refractivity contribution in [3.63, 3.8) is 0 Å². The number of benzene rings is 2. The van der Waals surface area contributed by atoms with E-state index in [2.05, 4.69) is 87.6 Å². The summed E-state index contributed by atoms with van der Waals surface area (Å²) >= 11 is 8.56. The van der Waals surface area contributed by atoms with Crippen LogP contribution in [0.4, 0.5) is 0 Å². The predicted molar refractivity (Wildman–Crippen MR) is 102 cm³/mol. The van der Waals surface area contributed by atoms with Gasteiger partial charge < -0.3 is 0 Å². The molecule has 3 aliphatic rings. The number of hydrogen-bond acceptors (Lipinski definition) is 0. The fourth-order valence-electron chi connectivity index (χ4n) is 5.04. The average Bonchev–Trinajstić information content (AvgIpc) is 2.52. The van der Waals surface area contributed by atoms with Gasteiger partial charge in [0.05, 0.1) is 0 Å². The van der Waals surface area contributed by atoms with Crippen molar-refractivity contribution < 1.29 is 0 Å². The monoisotopic (exact) mass is 328 g/mol. The Hall–Kier alpha value is -0.860. The summed E-state index contributed by atoms with van der Waals surface area (Å²) in [6, 6.07) is 17.9. The average molecular weight is 329 g/mol. The molecule has 0 spiro atoms. The Morgan fingerprint density at radius 2 is 1.32 bits per heavy atom. The Morgan fingerprint density at radius 1 is 0.864 bits per heavy atom. The van der Waals surface area contributed by atoms with E-state index in [9.17, 15) is 0 Å². The maximum Gasteiger partial charge on any atom is 0.180 e. The van der Waals surface area contributed by atoms with Crippen molar-refractivity contribution in [1.29, 1.82) is 0 Å². The van der Waals surface area contributed by atoms with Crippen LogP contribution in [0, 0.1) is 5.41 Å². The molecule has 2 aromatic rings. The van der Waals surface area contributed by atoms with E-state index in [1.165, 1.54) is 35.1 Å². The lowest BCUT2D eigenvalue weighted by molar-refractivity contribution is 0.157. The molecule has 0 saturated carbocycles. The maximum atomic E-state index is 4.32. The molecule has 22 heavy (non-hydrogen) atoms. The zero-order chi connectivity index (χ0) is 15.6. The van der Waals surface area contributed by atoms with Crippen molar-refractivity contribution in [3.8, 4) is 0 Å². The molecule has 0 nitrogen and oxygen atoms in total. The van der Waals surface area contributed by atoms with E-state index in [0.717, 1.165) is 6.42 Å². The Bertz CT molecular complexity index is 701. The Balaban J connectivity index is 2.12. The quantitative estimate of drug-likeness (QED) is 0.737. The second kappa shape index (κ2) is 4.58. The van der Waals surface area contributed by atoms with Crippen LogP contribution < -0.4 is 0 Å². The van der Waals surface area contributed by atoms with E-state index in [-0.39, 0.29) is 14.9 Å². The molecule has 2 aromatic carbocycles. The molecule has 5 rings (SSSR count). The van der Waals surface area contributed by atoms with Crippen LogP contribution in [0.3, 0.4) is 0 Å². The molecule has 0 saturated heterocycles. The first kappa shape index (κ1) is 14.7. The summed E-state index contributed by atoms with van der Waals surface area (Å²) < 4.78 is -0.157. The van der Waals surface area contributed by atoms with Crippen LogP contribution in [-0.2, 0) is 34.8 Å². The highest BCUT2D eigenvalue weighted by Crippen LogP contribution is 2.66. The summed E-state index contributed by atoms with van der Waals surface area (Å²) in [4.78, 5) is 0. The van der Waals surface area contributed by atoms with E-state index in [0.29, 0.717) is 0 Å². The molecule has 0 radical (unpaired) electrons. The van der Waals surface area contributed by atoms with Gasteiger partial charge in [-0.05, 0) is 31.7 Å². The third-order valence-corrected chi connectivity index (χ3v) is 7.80. The fourth-order valence-corrected chi connectivity index (χ4v) is 6.52. The second-order valence-corrected chi connectivity index (χ2v) is 8.84. The van der Waals surface area contributed by atoms with Crippen molar-refractivity contribution in [2.75, 3.05) is 0 Å². The molecule has 0 unspecified atom stereocenters. The van der Waals surface area contributed by atoms with Gasteiger partial charge in [-0.1, -0.05) is 68.8 Å². The smallest absolute Gasteiger partial charge is 0.0654 e. The SMILES string of the molecule is CCC[C@@]1(C)CC2([SH2+])c3ccccc3C1([SH2+])c1ccccc12. The molecule has 114 valence electrons. The Labute approximate surface area is 144 Å². The van der Waals surface area contributed by atoms with Crippen molar-refractivity contribution in [3.05, 3.63) is 70.8 Å². The summed E-state index contributed by atoms with van der Waals surface area (Å²) in [5, 5.41) is 0. The second-order valence-electron chi connectivity index (χ2n) is 7.23. The summed E-state index contributed by atoms with van der Waals surface area (Å²) in [5.41, 5.74) is 5.91. The summed E-state index contributed by atoms with van der Waals surface area (Å²) in [5.74, 6) is 0. The topological polar surface area (TPSA) is 0 Å². The standard InChI is InChI=1S/C20H22S2/c1-3-12-18(2)13-19(21)14-8-4-6-10-16(14)20(18,22)17-11-7-5-9-15(17)19/h4-11,21-22H,3,12-13H2,1-2H3/p+2/t18-,19?,20?/m0/s1. The minimum Gasteiger partial charge on any atom is -0.0654 e. The van der Waals surface area contributed by atoms with Crippen molar-refractivity contribution >= 4 is 25.3 Å². The molecule has 0 fully saturated rings. The lowest BCUT2D eigenvalue weighted by Gasteiger charge is -2.55. The Kier molecular flexibility index (Phi) is 3.06. The minimum atomic E-state index is -0.0927. The molecule has 0 aliphatic heterocycles. The van der Waals surface area contributed by atoms with Crippen LogP contribution in [0.5, 0.6) is 0 Å². The Morgan fingerprint density at radius 3 is 1.77 bits per heavy atom. The van der Waals surface area contributed by atoms with E-state index in [1.807, 2.05) is 0 Å². The van der Waals surface area contributed by atoms with Crippen molar-refractivity contribution in [1.82, 2.24) is 0 Å². The van der Waals surface area contributed by atoms with Gasteiger partial charge in [0.1, 0.15) is 0 Å². The van der Waals surface area contributed by atoms with Crippen molar-refractivity contribution in [2.24, 2.45) is 5.41 Å². The van der Waals surface area contributed by atoms with Gasteiger partial charge in [-0.2, -0.15) is 0 Å². The lowest BCUT2D eigenvalue weighted by atomic mass is 9.50. The van der Waals surface area contributed by atoms with E-state index in [4.69, 9.17) is 0 Å². The highest BCUT2D eigenvalue weighted by Gasteiger charge is 2.69. The van der Waals surface area contributed by atoms with Gasteiger partial charge in [-0.25, -0.2) is 0 Å². The molecule has 1 atom stereocenters. The fraction of sp³-hybridized carbons (Fsp3) is 0.400. The van der Waals surface area contributed by atoms with E-state index in [1.54, 1.807) is 0 Å². The number of hydrogen-bond donors (Lipinski definition) is 0. The molecular formula is C20H24S2+2. The first-order valence-corrected chi connectivity index (χ1v) is 9.17. The highest BCUT2D eigenvalue weighted by atomic mass is 32.1. The molecule has 0 N–H and O–H groups in total. The van der Waals surface area contributed by atoms with Gasteiger partial charge in [0.2, 0.25) is 0 Å². The van der Waals surface area contributed by atoms with Crippen LogP contribution in [0.1, 0.15) is 55.4 Å². The van der Waals surface area contributed by atoms with Gasteiger partial charge in [-0.3, -0.25) is 0 Å². The zero-order valence-electron chi connectivity index (χ0n) is 13.2. The number of fused-ring (bicyclic) bond motifs is 1. The van der Waals surface area contributed by atoms with Crippen LogP contribution in [-0.4, -0.2) is 0 Å². The lowest BCUT2D eigenvalue weighted by Crippen LogP contribution is -2.58. The van der Waals surface area contributed by atoms with Crippen LogP contribution in [0.15, 0.2) is 48.5 Å².